The second-order valence-corrected chi connectivity index (χ2v) is 9.26. The molecule has 3 heterocycles. The largest absolute Gasteiger partial charge is 0.462 e. The van der Waals surface area contributed by atoms with Crippen molar-refractivity contribution in [3.8, 4) is 0 Å². The molecule has 3 aromatic heterocycles. The van der Waals surface area contributed by atoms with Gasteiger partial charge in [-0.3, -0.25) is 4.79 Å². The van der Waals surface area contributed by atoms with Crippen LogP contribution in [0.15, 0.2) is 46.9 Å². The van der Waals surface area contributed by atoms with Gasteiger partial charge in [0.15, 0.2) is 5.16 Å². The number of ether oxygens (including phenoxy) is 1. The van der Waals surface area contributed by atoms with Crippen molar-refractivity contribution < 1.29 is 9.53 Å². The lowest BCUT2D eigenvalue weighted by molar-refractivity contribution is 0.0531. The van der Waals surface area contributed by atoms with E-state index in [0.29, 0.717) is 33.0 Å². The van der Waals surface area contributed by atoms with Crippen LogP contribution in [-0.4, -0.2) is 32.1 Å². The highest BCUT2D eigenvalue weighted by Gasteiger charge is 2.22. The summed E-state index contributed by atoms with van der Waals surface area (Å²) in [6, 6.07) is 7.94. The third-order valence-corrected chi connectivity index (χ3v) is 7.14. The lowest BCUT2D eigenvalue weighted by atomic mass is 10.2. The average Bonchev–Trinajstić information content (AvgIpc) is 3.26. The number of nitrogens with one attached hydrogen (secondary N) is 1. The number of carbonyl (C=O) groups is 1. The number of fused-ring (bicyclic) bond motifs is 2. The minimum absolute atomic E-state index is 0.161. The smallest absolute Gasteiger partial charge is 0.348 e. The Kier molecular flexibility index (Phi) is 5.97. The number of aromatic amines is 1. The van der Waals surface area contributed by atoms with Crippen LogP contribution in [0.5, 0.6) is 0 Å². The number of thiophene rings is 1. The second kappa shape index (κ2) is 8.68. The van der Waals surface area contributed by atoms with Crippen LogP contribution in [0.1, 0.15) is 40.2 Å². The molecule has 1 atom stereocenters. The van der Waals surface area contributed by atoms with Crippen molar-refractivity contribution in [2.24, 2.45) is 0 Å². The van der Waals surface area contributed by atoms with Crippen molar-refractivity contribution in [2.45, 2.75) is 37.7 Å². The van der Waals surface area contributed by atoms with Gasteiger partial charge in [-0.05, 0) is 38.5 Å². The number of hydrogen-bond donors (Lipinski definition) is 1. The van der Waals surface area contributed by atoms with Gasteiger partial charge in [0.25, 0.3) is 5.56 Å². The van der Waals surface area contributed by atoms with Crippen LogP contribution >= 0.6 is 23.1 Å². The van der Waals surface area contributed by atoms with Crippen LogP contribution < -0.4 is 5.56 Å². The first kappa shape index (κ1) is 21.3. The summed E-state index contributed by atoms with van der Waals surface area (Å²) in [4.78, 5) is 38.3. The molecule has 0 saturated carbocycles. The van der Waals surface area contributed by atoms with Crippen molar-refractivity contribution in [2.75, 3.05) is 6.61 Å². The minimum Gasteiger partial charge on any atom is -0.462 e. The fourth-order valence-electron chi connectivity index (χ4n) is 3.41. The molecule has 0 aliphatic heterocycles. The van der Waals surface area contributed by atoms with E-state index < -0.39 is 5.97 Å². The number of allylic oxidation sites excluding steroid dienone is 1. The SMILES string of the molecule is C=CCn1c(SC(C)c2nc3sc(C(=O)OCC)c(C)c3c(=O)[nH]2)nc2ccccc21. The molecule has 0 aliphatic rings. The standard InChI is InChI=1S/C22H22N4O3S2/c1-5-11-26-15-10-8-7-9-14(15)23-22(26)30-13(4)18-24-19(27)16-12(3)17(21(28)29-6-2)31-20(16)25-18/h5,7-10,13H,1,6,11H2,2-4H3,(H,24,25,27). The summed E-state index contributed by atoms with van der Waals surface area (Å²) in [7, 11) is 0. The van der Waals surface area contributed by atoms with Crippen molar-refractivity contribution in [3.63, 3.8) is 0 Å². The van der Waals surface area contributed by atoms with Crippen LogP contribution in [0, 0.1) is 6.92 Å². The van der Waals surface area contributed by atoms with E-state index in [4.69, 9.17) is 9.72 Å². The molecule has 160 valence electrons. The zero-order valence-corrected chi connectivity index (χ0v) is 19.1. The molecular weight excluding hydrogens is 432 g/mol. The summed E-state index contributed by atoms with van der Waals surface area (Å²) < 4.78 is 7.20. The van der Waals surface area contributed by atoms with Crippen LogP contribution in [0.2, 0.25) is 0 Å². The van der Waals surface area contributed by atoms with E-state index in [0.717, 1.165) is 16.2 Å². The Hall–Kier alpha value is -2.91. The number of imidazole rings is 1. The number of hydrogen-bond acceptors (Lipinski definition) is 7. The number of benzene rings is 1. The van der Waals surface area contributed by atoms with Crippen LogP contribution in [0.25, 0.3) is 21.3 Å². The Morgan fingerprint density at radius 2 is 2.16 bits per heavy atom. The van der Waals surface area contributed by atoms with Crippen molar-refractivity contribution >= 4 is 50.3 Å². The highest BCUT2D eigenvalue weighted by molar-refractivity contribution is 7.99. The maximum Gasteiger partial charge on any atom is 0.348 e. The molecule has 0 fully saturated rings. The lowest BCUT2D eigenvalue weighted by Gasteiger charge is -2.11. The first-order chi connectivity index (χ1) is 14.9. The Labute approximate surface area is 187 Å². The van der Waals surface area contributed by atoms with Crippen LogP contribution in [0.4, 0.5) is 0 Å². The van der Waals surface area contributed by atoms with Gasteiger partial charge in [0.05, 0.1) is 28.3 Å². The zero-order valence-electron chi connectivity index (χ0n) is 17.5. The molecule has 7 nitrogen and oxygen atoms in total. The quantitative estimate of drug-likeness (QED) is 0.244. The molecule has 1 N–H and O–H groups in total. The van der Waals surface area contributed by atoms with E-state index in [9.17, 15) is 9.59 Å². The molecule has 1 unspecified atom stereocenters. The van der Waals surface area contributed by atoms with Gasteiger partial charge in [-0.15, -0.1) is 17.9 Å². The number of H-pyrrole nitrogens is 1. The number of aromatic nitrogens is 4. The third kappa shape index (κ3) is 3.90. The van der Waals surface area contributed by atoms with Gasteiger partial charge >= 0.3 is 5.97 Å². The first-order valence-corrected chi connectivity index (χ1v) is 11.6. The van der Waals surface area contributed by atoms with Gasteiger partial charge < -0.3 is 14.3 Å². The number of rotatable bonds is 7. The molecule has 1 aromatic carbocycles. The normalized spacial score (nSPS) is 12.4. The summed E-state index contributed by atoms with van der Waals surface area (Å²) in [5.41, 5.74) is 2.29. The summed E-state index contributed by atoms with van der Waals surface area (Å²) in [5, 5.41) is 1.10. The maximum absolute atomic E-state index is 12.8. The van der Waals surface area contributed by atoms with Gasteiger partial charge in [0.1, 0.15) is 15.5 Å². The Bertz CT molecular complexity index is 1350. The molecule has 4 aromatic rings. The molecule has 9 heteroatoms. The summed E-state index contributed by atoms with van der Waals surface area (Å²) in [6.07, 6.45) is 1.83. The predicted octanol–water partition coefficient (Wildman–Crippen LogP) is 4.86. The fourth-order valence-corrected chi connectivity index (χ4v) is 5.48. The van der Waals surface area contributed by atoms with Gasteiger partial charge in [0, 0.05) is 6.54 Å². The van der Waals surface area contributed by atoms with Crippen molar-refractivity contribution in [1.29, 1.82) is 0 Å². The Balaban J connectivity index is 1.72. The van der Waals surface area contributed by atoms with E-state index in [1.807, 2.05) is 37.3 Å². The van der Waals surface area contributed by atoms with Crippen LogP contribution in [-0.2, 0) is 11.3 Å². The van der Waals surface area contributed by atoms with Crippen molar-refractivity contribution in [1.82, 2.24) is 19.5 Å². The summed E-state index contributed by atoms with van der Waals surface area (Å²) in [6.45, 7) is 10.2. The Morgan fingerprint density at radius 3 is 2.90 bits per heavy atom. The molecule has 0 amide bonds. The lowest BCUT2D eigenvalue weighted by Crippen LogP contribution is -2.13. The molecule has 0 radical (unpaired) electrons. The molecule has 0 aliphatic carbocycles. The second-order valence-electron chi connectivity index (χ2n) is 6.95. The van der Waals surface area contributed by atoms with Gasteiger partial charge in [0.2, 0.25) is 0 Å². The topological polar surface area (TPSA) is 89.9 Å². The van der Waals surface area contributed by atoms with E-state index in [-0.39, 0.29) is 17.4 Å². The van der Waals surface area contributed by atoms with E-state index in [1.165, 1.54) is 23.1 Å². The highest BCUT2D eigenvalue weighted by atomic mass is 32.2. The molecule has 0 saturated heterocycles. The van der Waals surface area contributed by atoms with Crippen molar-refractivity contribution in [3.05, 3.63) is 63.5 Å². The number of esters is 1. The number of nitrogens with zero attached hydrogens (tertiary/aromatic N) is 3. The number of thioether (sulfide) groups is 1. The predicted molar refractivity (Wildman–Crippen MR) is 125 cm³/mol. The van der Waals surface area contributed by atoms with E-state index >= 15 is 0 Å². The highest BCUT2D eigenvalue weighted by Crippen LogP contribution is 2.36. The summed E-state index contributed by atoms with van der Waals surface area (Å²) >= 11 is 2.71. The minimum atomic E-state index is -0.426. The summed E-state index contributed by atoms with van der Waals surface area (Å²) in [5.74, 6) is 0.112. The zero-order chi connectivity index (χ0) is 22.1. The number of para-hydroxylation sites is 2. The van der Waals surface area contributed by atoms with Gasteiger partial charge in [-0.2, -0.15) is 0 Å². The van der Waals surface area contributed by atoms with E-state index in [2.05, 4.69) is 21.1 Å². The average molecular weight is 455 g/mol. The molecule has 0 spiro atoms. The van der Waals surface area contributed by atoms with Gasteiger partial charge in [-0.1, -0.05) is 30.0 Å². The maximum atomic E-state index is 12.8. The monoisotopic (exact) mass is 454 g/mol. The van der Waals surface area contributed by atoms with Gasteiger partial charge in [-0.25, -0.2) is 14.8 Å². The van der Waals surface area contributed by atoms with E-state index in [1.54, 1.807) is 13.8 Å². The van der Waals surface area contributed by atoms with Crippen LogP contribution in [0.3, 0.4) is 0 Å². The molecule has 31 heavy (non-hydrogen) atoms. The number of carbonyl (C=O) groups excluding carboxylic acids is 1. The first-order valence-electron chi connectivity index (χ1n) is 9.87. The molecule has 0 bridgehead atoms. The Morgan fingerprint density at radius 1 is 1.39 bits per heavy atom. The fraction of sp³-hybridized carbons (Fsp3) is 0.273. The number of aryl methyl sites for hydroxylation is 1. The molecular formula is C22H22N4O3S2. The molecule has 4 rings (SSSR count). The third-order valence-electron chi connectivity index (χ3n) is 4.88.